The van der Waals surface area contributed by atoms with E-state index in [9.17, 15) is 9.90 Å². The monoisotopic (exact) mass is 482 g/mol. The summed E-state index contributed by atoms with van der Waals surface area (Å²) in [6, 6.07) is 16.1. The van der Waals surface area contributed by atoms with Gasteiger partial charge in [0, 0.05) is 29.9 Å². The molecule has 5 aromatic rings. The number of hydrogen-bond donors (Lipinski definition) is 3. The Balaban J connectivity index is 1.46. The molecule has 9 nitrogen and oxygen atoms in total. The topological polar surface area (TPSA) is 118 Å². The lowest BCUT2D eigenvalue weighted by Gasteiger charge is -2.09. The summed E-state index contributed by atoms with van der Waals surface area (Å²) < 4.78 is 7.18. The van der Waals surface area contributed by atoms with Gasteiger partial charge in [-0.3, -0.25) is 4.79 Å². The van der Waals surface area contributed by atoms with Crippen molar-refractivity contribution in [3.63, 3.8) is 0 Å². The third-order valence-corrected chi connectivity index (χ3v) is 5.85. The van der Waals surface area contributed by atoms with E-state index in [2.05, 4.69) is 32.3 Å². The van der Waals surface area contributed by atoms with Crippen molar-refractivity contribution in [2.24, 2.45) is 0 Å². The molecule has 3 N–H and O–H groups in total. The molecule has 2 aromatic carbocycles. The second-order valence-corrected chi connectivity index (χ2v) is 8.46. The lowest BCUT2D eigenvalue weighted by atomic mass is 10.0. The van der Waals surface area contributed by atoms with Crippen molar-refractivity contribution in [2.75, 3.05) is 12.4 Å². The molecule has 0 aliphatic carbocycles. The summed E-state index contributed by atoms with van der Waals surface area (Å²) in [4.78, 5) is 25.1. The maximum absolute atomic E-state index is 13.0. The molecule has 0 aliphatic rings. The highest BCUT2D eigenvalue weighted by Crippen LogP contribution is 2.35. The smallest absolute Gasteiger partial charge is 0.256 e. The van der Waals surface area contributed by atoms with Crippen LogP contribution in [0.15, 0.2) is 60.8 Å². The first-order valence-corrected chi connectivity index (χ1v) is 11.6. The van der Waals surface area contributed by atoms with Crippen LogP contribution in [-0.2, 0) is 6.54 Å². The van der Waals surface area contributed by atoms with Crippen LogP contribution in [0.1, 0.15) is 29.4 Å². The summed E-state index contributed by atoms with van der Waals surface area (Å²) in [5.41, 5.74) is 4.84. The lowest BCUT2D eigenvalue weighted by molar-refractivity contribution is 0.102. The van der Waals surface area contributed by atoms with E-state index in [-0.39, 0.29) is 11.7 Å². The van der Waals surface area contributed by atoms with Gasteiger partial charge in [-0.1, -0.05) is 13.0 Å². The largest absolute Gasteiger partial charge is 0.507 e. The Labute approximate surface area is 207 Å². The van der Waals surface area contributed by atoms with Crippen molar-refractivity contribution in [3.8, 4) is 34.1 Å². The molecule has 0 spiro atoms. The second kappa shape index (κ2) is 9.53. The van der Waals surface area contributed by atoms with E-state index in [1.54, 1.807) is 48.3 Å². The molecule has 0 unspecified atom stereocenters. The summed E-state index contributed by atoms with van der Waals surface area (Å²) in [5, 5.41) is 18.0. The number of methoxy groups -OCH3 is 1. The van der Waals surface area contributed by atoms with Crippen molar-refractivity contribution in [1.29, 1.82) is 0 Å². The highest BCUT2D eigenvalue weighted by molar-refractivity contribution is 6.05. The molecule has 5 rings (SSSR count). The number of carbonyl (C=O) groups is 1. The standard InChI is InChI=1S/C27H26N6O3/c1-4-12-33-24(13-16(2)32-33)31-26(35)18-7-9-21-22(15-18)30-25(29-21)20-14-17(8-10-23(20)34)19-6-5-11-28-27(19)36-3/h5-11,13-15,34H,4,12H2,1-3H3,(H,29,30)(H,31,35). The van der Waals surface area contributed by atoms with Crippen molar-refractivity contribution in [1.82, 2.24) is 24.7 Å². The van der Waals surface area contributed by atoms with Gasteiger partial charge in [-0.2, -0.15) is 5.10 Å². The molecule has 3 aromatic heterocycles. The van der Waals surface area contributed by atoms with Crippen LogP contribution in [0.3, 0.4) is 0 Å². The van der Waals surface area contributed by atoms with Gasteiger partial charge in [0.2, 0.25) is 5.88 Å². The number of aromatic hydroxyl groups is 1. The number of benzene rings is 2. The van der Waals surface area contributed by atoms with Gasteiger partial charge < -0.3 is 20.1 Å². The Morgan fingerprint density at radius 2 is 2.00 bits per heavy atom. The number of nitrogens with zero attached hydrogens (tertiary/aromatic N) is 4. The van der Waals surface area contributed by atoms with E-state index in [0.29, 0.717) is 39.7 Å². The molecule has 9 heteroatoms. The average molecular weight is 483 g/mol. The zero-order valence-electron chi connectivity index (χ0n) is 20.2. The number of aryl methyl sites for hydroxylation is 2. The third-order valence-electron chi connectivity index (χ3n) is 5.85. The van der Waals surface area contributed by atoms with Crippen LogP contribution in [-0.4, -0.2) is 42.9 Å². The first-order chi connectivity index (χ1) is 17.5. The Morgan fingerprint density at radius 3 is 2.81 bits per heavy atom. The Hall–Kier alpha value is -4.66. The Morgan fingerprint density at radius 1 is 1.14 bits per heavy atom. The number of imidazole rings is 1. The first kappa shape index (κ1) is 23.1. The van der Waals surface area contributed by atoms with Crippen molar-refractivity contribution in [3.05, 3.63) is 72.1 Å². The summed E-state index contributed by atoms with van der Waals surface area (Å²) in [6.07, 6.45) is 2.57. The quantitative estimate of drug-likeness (QED) is 0.294. The van der Waals surface area contributed by atoms with Gasteiger partial charge >= 0.3 is 0 Å². The normalized spacial score (nSPS) is 11.1. The summed E-state index contributed by atoms with van der Waals surface area (Å²) in [7, 11) is 1.57. The van der Waals surface area contributed by atoms with E-state index in [1.807, 2.05) is 31.2 Å². The maximum Gasteiger partial charge on any atom is 0.256 e. The van der Waals surface area contributed by atoms with Crippen LogP contribution in [0, 0.1) is 6.92 Å². The van der Waals surface area contributed by atoms with E-state index in [4.69, 9.17) is 4.74 Å². The molecule has 0 atom stereocenters. The number of aromatic nitrogens is 5. The molecule has 182 valence electrons. The number of fused-ring (bicyclic) bond motifs is 1. The summed E-state index contributed by atoms with van der Waals surface area (Å²) >= 11 is 0. The predicted molar refractivity (Wildman–Crippen MR) is 138 cm³/mol. The zero-order chi connectivity index (χ0) is 25.2. The fourth-order valence-corrected chi connectivity index (χ4v) is 4.16. The van der Waals surface area contributed by atoms with Crippen molar-refractivity contribution >= 4 is 22.8 Å². The Kier molecular flexibility index (Phi) is 6.12. The molecule has 0 radical (unpaired) electrons. The van der Waals surface area contributed by atoms with Crippen LogP contribution in [0.25, 0.3) is 33.5 Å². The molecule has 36 heavy (non-hydrogen) atoms. The molecular formula is C27H26N6O3. The van der Waals surface area contributed by atoms with Crippen LogP contribution in [0.2, 0.25) is 0 Å². The van der Waals surface area contributed by atoms with E-state index >= 15 is 0 Å². The molecule has 3 heterocycles. The minimum Gasteiger partial charge on any atom is -0.507 e. The van der Waals surface area contributed by atoms with Gasteiger partial charge in [0.05, 0.1) is 29.4 Å². The number of rotatable bonds is 7. The predicted octanol–water partition coefficient (Wildman–Crippen LogP) is 5.17. The van der Waals surface area contributed by atoms with Gasteiger partial charge in [0.1, 0.15) is 17.4 Å². The van der Waals surface area contributed by atoms with Gasteiger partial charge in [-0.15, -0.1) is 0 Å². The molecule has 0 fully saturated rings. The second-order valence-electron chi connectivity index (χ2n) is 8.46. The van der Waals surface area contributed by atoms with E-state index in [1.165, 1.54) is 0 Å². The number of aromatic amines is 1. The highest BCUT2D eigenvalue weighted by Gasteiger charge is 2.16. The SMILES string of the molecule is CCCn1nc(C)cc1NC(=O)c1ccc2nc(-c3cc(-c4cccnc4OC)ccc3O)[nH]c2c1. The third kappa shape index (κ3) is 4.38. The van der Waals surface area contributed by atoms with Crippen LogP contribution in [0.5, 0.6) is 11.6 Å². The molecule has 1 amide bonds. The molecule has 0 saturated carbocycles. The van der Waals surface area contributed by atoms with Gasteiger partial charge in [0.15, 0.2) is 0 Å². The fraction of sp³-hybridized carbons (Fsp3) is 0.185. The van der Waals surface area contributed by atoms with Crippen molar-refractivity contribution in [2.45, 2.75) is 26.8 Å². The maximum atomic E-state index is 13.0. The number of ether oxygens (including phenoxy) is 1. The molecule has 0 saturated heterocycles. The van der Waals surface area contributed by atoms with Crippen LogP contribution in [0.4, 0.5) is 5.82 Å². The Bertz CT molecular complexity index is 1570. The average Bonchev–Trinajstić information content (AvgIpc) is 3.46. The zero-order valence-corrected chi connectivity index (χ0v) is 20.2. The number of phenols is 1. The van der Waals surface area contributed by atoms with Gasteiger partial charge in [-0.25, -0.2) is 14.6 Å². The fourth-order valence-electron chi connectivity index (χ4n) is 4.16. The van der Waals surface area contributed by atoms with Crippen molar-refractivity contribution < 1.29 is 14.6 Å². The summed E-state index contributed by atoms with van der Waals surface area (Å²) in [6.45, 7) is 4.68. The van der Waals surface area contributed by atoms with Crippen LogP contribution < -0.4 is 10.1 Å². The minimum absolute atomic E-state index is 0.0817. The number of hydrogen-bond acceptors (Lipinski definition) is 6. The van der Waals surface area contributed by atoms with E-state index in [0.717, 1.165) is 29.8 Å². The minimum atomic E-state index is -0.237. The molecule has 0 aliphatic heterocycles. The summed E-state index contributed by atoms with van der Waals surface area (Å²) in [5.74, 6) is 1.49. The number of H-pyrrole nitrogens is 1. The number of nitrogens with one attached hydrogen (secondary N) is 2. The van der Waals surface area contributed by atoms with E-state index < -0.39 is 0 Å². The number of phenolic OH excluding ortho intramolecular Hbond substituents is 1. The first-order valence-electron chi connectivity index (χ1n) is 11.6. The number of amides is 1. The number of anilines is 1. The van der Waals surface area contributed by atoms with Gasteiger partial charge in [0.25, 0.3) is 5.91 Å². The molecular weight excluding hydrogens is 456 g/mol. The van der Waals surface area contributed by atoms with Gasteiger partial charge in [-0.05, 0) is 61.4 Å². The number of carbonyl (C=O) groups excluding carboxylic acids is 1. The molecule has 0 bridgehead atoms. The highest BCUT2D eigenvalue weighted by atomic mass is 16.5. The lowest BCUT2D eigenvalue weighted by Crippen LogP contribution is -2.15. The van der Waals surface area contributed by atoms with Crippen LogP contribution >= 0.6 is 0 Å². The number of pyridine rings is 1.